The van der Waals surface area contributed by atoms with Gasteiger partial charge in [-0.25, -0.2) is 9.48 Å². The lowest BCUT2D eigenvalue weighted by Crippen LogP contribution is -2.25. The Kier molecular flexibility index (Phi) is 6.09. The second-order valence-corrected chi connectivity index (χ2v) is 5.19. The van der Waals surface area contributed by atoms with E-state index in [4.69, 9.17) is 4.74 Å². The standard InChI is InChI=1S/C13H23N3O4/c1-8(2)12-11(13(18)19-5)14-15-16(12)6-10(17)7-20-9(3)4/h8-10,17H,6-7H2,1-5H3. The van der Waals surface area contributed by atoms with E-state index in [0.29, 0.717) is 5.69 Å². The minimum Gasteiger partial charge on any atom is -0.464 e. The molecule has 114 valence electrons. The molecular formula is C13H23N3O4. The summed E-state index contributed by atoms with van der Waals surface area (Å²) in [5.74, 6) is -0.481. The molecule has 1 N–H and O–H groups in total. The van der Waals surface area contributed by atoms with E-state index in [0.717, 1.165) is 0 Å². The Hall–Kier alpha value is -1.47. The van der Waals surface area contributed by atoms with Crippen LogP contribution in [0.4, 0.5) is 0 Å². The predicted molar refractivity (Wildman–Crippen MR) is 72.5 cm³/mol. The Morgan fingerprint density at radius 3 is 2.50 bits per heavy atom. The average Bonchev–Trinajstić information content (AvgIpc) is 2.79. The zero-order valence-corrected chi connectivity index (χ0v) is 12.7. The number of carbonyl (C=O) groups is 1. The maximum absolute atomic E-state index is 11.6. The lowest BCUT2D eigenvalue weighted by atomic mass is 10.1. The first kappa shape index (κ1) is 16.6. The highest BCUT2D eigenvalue weighted by atomic mass is 16.5. The van der Waals surface area contributed by atoms with Crippen molar-refractivity contribution in [1.29, 1.82) is 0 Å². The Bertz CT molecular complexity index is 443. The predicted octanol–water partition coefficient (Wildman–Crippen LogP) is 0.974. The molecule has 0 aliphatic heterocycles. The van der Waals surface area contributed by atoms with Gasteiger partial charge in [0.05, 0.1) is 38.2 Å². The fraction of sp³-hybridized carbons (Fsp3) is 0.769. The van der Waals surface area contributed by atoms with Gasteiger partial charge in [0.25, 0.3) is 0 Å². The molecule has 1 heterocycles. The number of carbonyl (C=O) groups excluding carboxylic acids is 1. The largest absolute Gasteiger partial charge is 0.464 e. The van der Waals surface area contributed by atoms with Crippen molar-refractivity contribution in [3.05, 3.63) is 11.4 Å². The van der Waals surface area contributed by atoms with Gasteiger partial charge < -0.3 is 14.6 Å². The average molecular weight is 285 g/mol. The van der Waals surface area contributed by atoms with Gasteiger partial charge in [0, 0.05) is 0 Å². The smallest absolute Gasteiger partial charge is 0.360 e. The fourth-order valence-electron chi connectivity index (χ4n) is 1.82. The summed E-state index contributed by atoms with van der Waals surface area (Å²) >= 11 is 0. The van der Waals surface area contributed by atoms with E-state index in [2.05, 4.69) is 15.0 Å². The van der Waals surface area contributed by atoms with Crippen LogP contribution in [-0.2, 0) is 16.0 Å². The molecule has 7 heteroatoms. The molecule has 0 bridgehead atoms. The summed E-state index contributed by atoms with van der Waals surface area (Å²) < 4.78 is 11.6. The van der Waals surface area contributed by atoms with Gasteiger partial charge in [-0.2, -0.15) is 0 Å². The second kappa shape index (κ2) is 7.35. The Balaban J connectivity index is 2.85. The number of esters is 1. The third-order valence-corrected chi connectivity index (χ3v) is 2.70. The van der Waals surface area contributed by atoms with Crippen molar-refractivity contribution < 1.29 is 19.4 Å². The van der Waals surface area contributed by atoms with Crippen molar-refractivity contribution >= 4 is 5.97 Å². The molecule has 0 fully saturated rings. The van der Waals surface area contributed by atoms with Gasteiger partial charge >= 0.3 is 5.97 Å². The molecule has 1 rings (SSSR count). The molecule has 0 spiro atoms. The first-order valence-electron chi connectivity index (χ1n) is 6.68. The van der Waals surface area contributed by atoms with E-state index in [1.807, 2.05) is 27.7 Å². The third-order valence-electron chi connectivity index (χ3n) is 2.70. The van der Waals surface area contributed by atoms with Crippen LogP contribution in [0.3, 0.4) is 0 Å². The van der Waals surface area contributed by atoms with Crippen molar-refractivity contribution in [2.24, 2.45) is 0 Å². The molecule has 0 amide bonds. The summed E-state index contributed by atoms with van der Waals surface area (Å²) in [6.07, 6.45) is -0.655. The highest BCUT2D eigenvalue weighted by Gasteiger charge is 2.23. The summed E-state index contributed by atoms with van der Waals surface area (Å²) in [4.78, 5) is 11.6. The molecule has 7 nitrogen and oxygen atoms in total. The molecule has 0 aliphatic carbocycles. The number of ether oxygens (including phenoxy) is 2. The van der Waals surface area contributed by atoms with E-state index in [9.17, 15) is 9.90 Å². The fourth-order valence-corrected chi connectivity index (χ4v) is 1.82. The molecule has 0 saturated heterocycles. The Labute approximate surface area is 118 Å². The molecule has 1 aromatic rings. The van der Waals surface area contributed by atoms with Gasteiger partial charge in [0.15, 0.2) is 5.69 Å². The SMILES string of the molecule is COC(=O)c1nnn(CC(O)COC(C)C)c1C(C)C. The van der Waals surface area contributed by atoms with Crippen LogP contribution in [0, 0.1) is 0 Å². The highest BCUT2D eigenvalue weighted by molar-refractivity contribution is 5.88. The molecule has 1 atom stereocenters. The number of aliphatic hydroxyl groups excluding tert-OH is 1. The zero-order valence-electron chi connectivity index (χ0n) is 12.7. The van der Waals surface area contributed by atoms with Crippen molar-refractivity contribution in [3.8, 4) is 0 Å². The van der Waals surface area contributed by atoms with E-state index < -0.39 is 12.1 Å². The van der Waals surface area contributed by atoms with Crippen LogP contribution in [-0.4, -0.2) is 52.0 Å². The minimum absolute atomic E-state index is 0.0392. The highest BCUT2D eigenvalue weighted by Crippen LogP contribution is 2.18. The van der Waals surface area contributed by atoms with Gasteiger partial charge in [-0.1, -0.05) is 19.1 Å². The molecular weight excluding hydrogens is 262 g/mol. The van der Waals surface area contributed by atoms with Crippen LogP contribution in [0.2, 0.25) is 0 Å². The number of aliphatic hydroxyl groups is 1. The van der Waals surface area contributed by atoms with E-state index >= 15 is 0 Å². The summed E-state index contributed by atoms with van der Waals surface area (Å²) in [6, 6.07) is 0. The maximum atomic E-state index is 11.6. The summed E-state index contributed by atoms with van der Waals surface area (Å²) in [5.41, 5.74) is 0.847. The maximum Gasteiger partial charge on any atom is 0.360 e. The summed E-state index contributed by atoms with van der Waals surface area (Å²) in [7, 11) is 1.30. The third kappa shape index (κ3) is 4.28. The normalized spacial score (nSPS) is 13.0. The number of methoxy groups -OCH3 is 1. The molecule has 1 unspecified atom stereocenters. The molecule has 0 radical (unpaired) electrons. The first-order chi connectivity index (χ1) is 9.36. The number of hydrogen-bond acceptors (Lipinski definition) is 6. The monoisotopic (exact) mass is 285 g/mol. The Morgan fingerprint density at radius 2 is 2.00 bits per heavy atom. The van der Waals surface area contributed by atoms with Gasteiger partial charge in [-0.15, -0.1) is 5.10 Å². The molecule has 0 saturated carbocycles. The van der Waals surface area contributed by atoms with Crippen molar-refractivity contribution in [3.63, 3.8) is 0 Å². The molecule has 0 aliphatic rings. The summed E-state index contributed by atoms with van der Waals surface area (Å²) in [5, 5.41) is 17.7. The van der Waals surface area contributed by atoms with Gasteiger partial charge in [0.1, 0.15) is 0 Å². The van der Waals surface area contributed by atoms with Crippen LogP contribution in [0.25, 0.3) is 0 Å². The number of hydrogen-bond donors (Lipinski definition) is 1. The lowest BCUT2D eigenvalue weighted by Gasteiger charge is -2.16. The van der Waals surface area contributed by atoms with Crippen LogP contribution < -0.4 is 0 Å². The van der Waals surface area contributed by atoms with Crippen molar-refractivity contribution in [2.45, 2.75) is 52.4 Å². The summed E-state index contributed by atoms with van der Waals surface area (Å²) in [6.45, 7) is 8.10. The van der Waals surface area contributed by atoms with Crippen LogP contribution in [0.5, 0.6) is 0 Å². The van der Waals surface area contributed by atoms with Gasteiger partial charge in [-0.3, -0.25) is 0 Å². The van der Waals surface area contributed by atoms with E-state index in [-0.39, 0.29) is 30.9 Å². The van der Waals surface area contributed by atoms with Crippen LogP contribution in [0.1, 0.15) is 49.8 Å². The number of rotatable bonds is 7. The number of aromatic nitrogens is 3. The van der Waals surface area contributed by atoms with Gasteiger partial charge in [-0.05, 0) is 19.8 Å². The molecule has 0 aromatic carbocycles. The number of nitrogens with zero attached hydrogens (tertiary/aromatic N) is 3. The second-order valence-electron chi connectivity index (χ2n) is 5.19. The minimum atomic E-state index is -0.706. The van der Waals surface area contributed by atoms with E-state index in [1.54, 1.807) is 0 Å². The van der Waals surface area contributed by atoms with E-state index in [1.165, 1.54) is 11.8 Å². The van der Waals surface area contributed by atoms with Crippen LogP contribution in [0.15, 0.2) is 0 Å². The van der Waals surface area contributed by atoms with Gasteiger partial charge in [0.2, 0.25) is 0 Å². The van der Waals surface area contributed by atoms with Crippen molar-refractivity contribution in [1.82, 2.24) is 15.0 Å². The van der Waals surface area contributed by atoms with Crippen molar-refractivity contribution in [2.75, 3.05) is 13.7 Å². The van der Waals surface area contributed by atoms with Crippen LogP contribution >= 0.6 is 0 Å². The molecule has 1 aromatic heterocycles. The lowest BCUT2D eigenvalue weighted by molar-refractivity contribution is -0.00259. The topological polar surface area (TPSA) is 86.5 Å². The quantitative estimate of drug-likeness (QED) is 0.751. The molecule has 20 heavy (non-hydrogen) atoms. The first-order valence-corrected chi connectivity index (χ1v) is 6.68. The Morgan fingerprint density at radius 1 is 1.35 bits per heavy atom. The zero-order chi connectivity index (χ0) is 15.3.